The summed E-state index contributed by atoms with van der Waals surface area (Å²) in [5.74, 6) is 1.10. The van der Waals surface area contributed by atoms with E-state index in [1.807, 2.05) is 0 Å². The Balaban J connectivity index is 2.33. The minimum absolute atomic E-state index is 0.276. The normalized spacial score (nSPS) is 12.9. The maximum Gasteiger partial charge on any atom is 0.294 e. The van der Waals surface area contributed by atoms with Gasteiger partial charge in [0.05, 0.1) is 0 Å². The highest BCUT2D eigenvalue weighted by atomic mass is 27.2. The maximum atomic E-state index is 12.8. The van der Waals surface area contributed by atoms with E-state index in [0.717, 1.165) is 91.3 Å². The molecule has 0 fully saturated rings. The molecule has 4 aromatic carbocycles. The van der Waals surface area contributed by atoms with E-state index in [9.17, 15) is 20.4 Å². The van der Waals surface area contributed by atoms with Crippen LogP contribution in [0.2, 0.25) is 5.28 Å². The largest absolute Gasteiger partial charge is 0.507 e. The third kappa shape index (κ3) is 11.1. The smallest absolute Gasteiger partial charge is 0.294 e. The average molecular weight is 819 g/mol. The van der Waals surface area contributed by atoms with Crippen molar-refractivity contribution in [3.63, 3.8) is 0 Å². The van der Waals surface area contributed by atoms with Gasteiger partial charge in [0.15, 0.2) is 0 Å². The van der Waals surface area contributed by atoms with Crippen molar-refractivity contribution in [2.24, 2.45) is 0 Å². The van der Waals surface area contributed by atoms with Crippen LogP contribution in [0.1, 0.15) is 205 Å². The molecule has 4 aromatic rings. The van der Waals surface area contributed by atoms with Gasteiger partial charge in [0, 0.05) is 0 Å². The number of rotatable bonds is 13. The number of hydrogen-bond donors (Lipinski definition) is 4. The molecule has 0 spiro atoms. The van der Waals surface area contributed by atoms with E-state index < -0.39 is 14.1 Å². The Kier molecular flexibility index (Phi) is 15.0. The van der Waals surface area contributed by atoms with Gasteiger partial charge in [-0.1, -0.05) is 205 Å². The number of phenols is 4. The number of aryl methyl sites for hydroxylation is 4. The van der Waals surface area contributed by atoms with Crippen LogP contribution < -0.4 is 0 Å². The van der Waals surface area contributed by atoms with Crippen LogP contribution in [0.3, 0.4) is 0 Å². The Morgan fingerprint density at radius 3 is 0.864 bits per heavy atom. The minimum Gasteiger partial charge on any atom is -0.507 e. The second kappa shape index (κ2) is 18.3. The highest BCUT2D eigenvalue weighted by Gasteiger charge is 2.45. The monoisotopic (exact) mass is 819 g/mol. The fraction of sp³-hybridized carbons (Fsp3) is 0.556. The second-order valence-corrected chi connectivity index (χ2v) is 25.4. The van der Waals surface area contributed by atoms with E-state index in [1.165, 1.54) is 19.3 Å². The van der Waals surface area contributed by atoms with Crippen LogP contribution in [0.5, 0.6) is 23.0 Å². The first-order valence-electron chi connectivity index (χ1n) is 22.4. The zero-order valence-electron chi connectivity index (χ0n) is 40.1. The van der Waals surface area contributed by atoms with Gasteiger partial charge in [-0.15, -0.1) is 0 Å². The molecule has 0 aliphatic heterocycles. The molecule has 0 unspecified atom stereocenters. The van der Waals surface area contributed by atoms with Crippen LogP contribution in [0.15, 0.2) is 48.5 Å². The van der Waals surface area contributed by atoms with Crippen LogP contribution in [0, 0.1) is 27.7 Å². The van der Waals surface area contributed by atoms with Crippen molar-refractivity contribution in [2.75, 3.05) is 0 Å². The molecule has 322 valence electrons. The zero-order chi connectivity index (χ0) is 44.6. The molecule has 59 heavy (non-hydrogen) atoms. The summed E-state index contributed by atoms with van der Waals surface area (Å²) in [7, 11) is 0. The number of benzene rings is 4. The Hall–Kier alpha value is -3.39. The van der Waals surface area contributed by atoms with Crippen molar-refractivity contribution < 1.29 is 20.4 Å². The first-order chi connectivity index (χ1) is 27.1. The summed E-state index contributed by atoms with van der Waals surface area (Å²) in [4.78, 5) is 0. The van der Waals surface area contributed by atoms with Gasteiger partial charge in [0.25, 0.3) is 14.1 Å². The molecular weight excluding hydrogens is 740 g/mol. The van der Waals surface area contributed by atoms with Crippen LogP contribution >= 0.6 is 0 Å². The van der Waals surface area contributed by atoms with Crippen molar-refractivity contribution in [3.05, 3.63) is 115 Å². The minimum atomic E-state index is -2.56. The predicted octanol–water partition coefficient (Wildman–Crippen LogP) is 14.8. The second-order valence-electron chi connectivity index (χ2n) is 22.2. The van der Waals surface area contributed by atoms with Gasteiger partial charge in [0.1, 0.15) is 23.0 Å². The molecule has 0 aliphatic carbocycles. The van der Waals surface area contributed by atoms with Crippen molar-refractivity contribution in [1.29, 1.82) is 0 Å². The highest BCUT2D eigenvalue weighted by Crippen LogP contribution is 2.53. The Morgan fingerprint density at radius 1 is 0.390 bits per heavy atom. The highest BCUT2D eigenvalue weighted by molar-refractivity contribution is 6.64. The summed E-state index contributed by atoms with van der Waals surface area (Å²) >= 11 is -2.56. The average Bonchev–Trinajstić information content (AvgIpc) is 3.09. The third-order valence-corrected chi connectivity index (χ3v) is 16.7. The van der Waals surface area contributed by atoms with E-state index in [0.29, 0.717) is 0 Å². The van der Waals surface area contributed by atoms with E-state index in [-0.39, 0.29) is 54.2 Å². The van der Waals surface area contributed by atoms with Gasteiger partial charge in [-0.05, 0) is 103 Å². The van der Waals surface area contributed by atoms with Gasteiger partial charge >= 0.3 is 0 Å². The molecule has 0 saturated heterocycles. The van der Waals surface area contributed by atoms with Crippen molar-refractivity contribution >= 4 is 14.1 Å². The van der Waals surface area contributed by atoms with Crippen LogP contribution in [-0.4, -0.2) is 34.6 Å². The van der Waals surface area contributed by atoms with Gasteiger partial charge in [0.2, 0.25) is 0 Å². The van der Waals surface area contributed by atoms with Gasteiger partial charge in [-0.25, -0.2) is 0 Å². The molecule has 0 aliphatic rings. The SMILES string of the molecule is CCCCCCC[CH2][Al]([CH](c1cc(C)cc(C(C)(C)C)c1O)c1cc(C)cc(C(C)(C)C)c1O)[CH](c1cc(C)cc(C(C)(C)C)c1O)c1cc(C)cc(C(C)(C)C)c1O. The molecule has 4 nitrogen and oxygen atoms in total. The Bertz CT molecular complexity index is 1820. The summed E-state index contributed by atoms with van der Waals surface area (Å²) in [5, 5.41) is 51.9. The number of unbranched alkanes of at least 4 members (excludes halogenated alkanes) is 5. The van der Waals surface area contributed by atoms with E-state index in [2.05, 4.69) is 166 Å². The molecule has 0 radical (unpaired) electrons. The van der Waals surface area contributed by atoms with Crippen molar-refractivity contribution in [3.8, 4) is 23.0 Å². The quantitative estimate of drug-likeness (QED) is 0.0800. The number of phenolic OH excluding ortho intramolecular Hbond substituents is 4. The lowest BCUT2D eigenvalue weighted by molar-refractivity contribution is 0.432. The first kappa shape index (κ1) is 48.3. The summed E-state index contributed by atoms with van der Waals surface area (Å²) in [6.45, 7) is 36.4. The molecule has 0 heterocycles. The first-order valence-corrected chi connectivity index (χ1v) is 24.6. The van der Waals surface area contributed by atoms with Crippen LogP contribution in [-0.2, 0) is 21.7 Å². The molecular formula is C54H79AlO4. The molecule has 4 N–H and O–H groups in total. The van der Waals surface area contributed by atoms with Gasteiger partial charge in [-0.2, -0.15) is 0 Å². The topological polar surface area (TPSA) is 80.9 Å². The molecule has 5 heteroatoms. The van der Waals surface area contributed by atoms with E-state index >= 15 is 0 Å². The lowest BCUT2D eigenvalue weighted by atomic mass is 9.81. The lowest BCUT2D eigenvalue weighted by Gasteiger charge is -2.37. The fourth-order valence-electron chi connectivity index (χ4n) is 9.41. The summed E-state index contributed by atoms with van der Waals surface area (Å²) in [5.41, 5.74) is 9.69. The molecule has 0 atom stereocenters. The van der Waals surface area contributed by atoms with Crippen molar-refractivity contribution in [2.45, 2.75) is 193 Å². The fourth-order valence-corrected chi connectivity index (χ4v) is 14.1. The van der Waals surface area contributed by atoms with E-state index in [1.54, 1.807) is 0 Å². The lowest BCUT2D eigenvalue weighted by Crippen LogP contribution is -2.35. The number of hydrogen-bond acceptors (Lipinski definition) is 4. The number of aromatic hydroxyl groups is 4. The van der Waals surface area contributed by atoms with Crippen LogP contribution in [0.4, 0.5) is 0 Å². The molecule has 0 saturated carbocycles. The Labute approximate surface area is 363 Å². The molecule has 0 aromatic heterocycles. The van der Waals surface area contributed by atoms with Gasteiger partial charge < -0.3 is 20.4 Å². The summed E-state index contributed by atoms with van der Waals surface area (Å²) in [6, 6.07) is 17.0. The maximum absolute atomic E-state index is 12.8. The summed E-state index contributed by atoms with van der Waals surface area (Å²) < 4.78 is -0.762. The standard InChI is InChI=1S/2C23H31O2.C8H17.Al/c2*1-14-9-16(20(24)18(11-14)22(3,4)5)13-17-10-15(2)12-19(21(17)25)23(6,7)8;1-3-5-7-8-6-4-2;/h2*9-13,24-25H,1-8H3;1,3-8H2,2H3;. The Morgan fingerprint density at radius 2 is 0.627 bits per heavy atom. The summed E-state index contributed by atoms with van der Waals surface area (Å²) in [6.07, 6.45) is 6.78. The van der Waals surface area contributed by atoms with Gasteiger partial charge in [-0.3, -0.25) is 0 Å². The van der Waals surface area contributed by atoms with Crippen LogP contribution in [0.25, 0.3) is 0 Å². The predicted molar refractivity (Wildman–Crippen MR) is 254 cm³/mol. The third-order valence-electron chi connectivity index (χ3n) is 12.5. The zero-order valence-corrected chi connectivity index (χ0v) is 41.2. The van der Waals surface area contributed by atoms with Crippen molar-refractivity contribution in [1.82, 2.24) is 0 Å². The van der Waals surface area contributed by atoms with E-state index in [4.69, 9.17) is 0 Å². The molecule has 0 amide bonds. The molecule has 0 bridgehead atoms. The molecule has 4 rings (SSSR count).